The van der Waals surface area contributed by atoms with Crippen molar-refractivity contribution in [2.45, 2.75) is 26.3 Å². The lowest BCUT2D eigenvalue weighted by Gasteiger charge is -2.00. The van der Waals surface area contributed by atoms with Gasteiger partial charge in [-0.15, -0.1) is 0 Å². The molecule has 0 aliphatic carbocycles. The number of carboxylic acids is 1. The Hall–Kier alpha value is -1.03. The van der Waals surface area contributed by atoms with Crippen LogP contribution in [-0.4, -0.2) is 20.9 Å². The van der Waals surface area contributed by atoms with Crippen molar-refractivity contribution < 1.29 is 9.90 Å². The lowest BCUT2D eigenvalue weighted by molar-refractivity contribution is 0.0697. The summed E-state index contributed by atoms with van der Waals surface area (Å²) >= 11 is 5.77. The van der Waals surface area contributed by atoms with E-state index in [4.69, 9.17) is 16.7 Å². The molecule has 0 atom stereocenters. The number of rotatable bonds is 4. The number of hydrogen-bond donors (Lipinski definition) is 1. The Balaban J connectivity index is 2.80. The number of nitrogens with zero attached hydrogens (tertiary/aromatic N) is 2. The number of aromatic nitrogens is 2. The average molecular weight is 203 g/mol. The quantitative estimate of drug-likeness (QED) is 0.813. The van der Waals surface area contributed by atoms with E-state index in [1.807, 2.05) is 0 Å². The first-order valence-electron chi connectivity index (χ1n) is 4.11. The maximum absolute atomic E-state index is 10.6. The fourth-order valence-electron chi connectivity index (χ4n) is 0.978. The SMILES string of the molecule is CCCCn1ncc(C(=O)O)c1Cl. The molecule has 1 aromatic rings. The molecular weight excluding hydrogens is 192 g/mol. The molecule has 72 valence electrons. The predicted octanol–water partition coefficient (Wildman–Crippen LogP) is 2.03. The fraction of sp³-hybridized carbons (Fsp3) is 0.500. The van der Waals surface area contributed by atoms with E-state index in [9.17, 15) is 4.79 Å². The molecule has 0 aromatic carbocycles. The summed E-state index contributed by atoms with van der Waals surface area (Å²) in [7, 11) is 0. The normalized spacial score (nSPS) is 10.3. The Morgan fingerprint density at radius 1 is 1.77 bits per heavy atom. The Morgan fingerprint density at radius 2 is 2.46 bits per heavy atom. The second-order valence-corrected chi connectivity index (χ2v) is 3.09. The van der Waals surface area contributed by atoms with Crippen molar-refractivity contribution in [2.75, 3.05) is 0 Å². The van der Waals surface area contributed by atoms with E-state index >= 15 is 0 Å². The molecule has 0 radical (unpaired) electrons. The molecule has 0 saturated heterocycles. The Morgan fingerprint density at radius 3 is 2.92 bits per heavy atom. The van der Waals surface area contributed by atoms with Gasteiger partial charge in [0.15, 0.2) is 0 Å². The van der Waals surface area contributed by atoms with Crippen LogP contribution in [0.3, 0.4) is 0 Å². The lowest BCUT2D eigenvalue weighted by Crippen LogP contribution is -2.01. The van der Waals surface area contributed by atoms with Crippen molar-refractivity contribution in [1.29, 1.82) is 0 Å². The maximum atomic E-state index is 10.6. The van der Waals surface area contributed by atoms with E-state index in [2.05, 4.69) is 12.0 Å². The predicted molar refractivity (Wildman–Crippen MR) is 49.1 cm³/mol. The smallest absolute Gasteiger partial charge is 0.340 e. The molecule has 0 saturated carbocycles. The third-order valence-electron chi connectivity index (χ3n) is 1.73. The third kappa shape index (κ3) is 2.21. The summed E-state index contributed by atoms with van der Waals surface area (Å²) in [5.41, 5.74) is 0.0674. The maximum Gasteiger partial charge on any atom is 0.340 e. The molecule has 1 rings (SSSR count). The molecule has 0 bridgehead atoms. The molecule has 0 aliphatic heterocycles. The second kappa shape index (κ2) is 4.28. The van der Waals surface area contributed by atoms with E-state index in [0.29, 0.717) is 6.54 Å². The Labute approximate surface area is 81.1 Å². The number of aryl methyl sites for hydroxylation is 1. The van der Waals surface area contributed by atoms with Crippen LogP contribution in [0.15, 0.2) is 6.20 Å². The lowest BCUT2D eigenvalue weighted by atomic mass is 10.3. The van der Waals surface area contributed by atoms with Crippen LogP contribution >= 0.6 is 11.6 Å². The number of unbranched alkanes of at least 4 members (excludes halogenated alkanes) is 1. The van der Waals surface area contributed by atoms with Gasteiger partial charge in [0.2, 0.25) is 0 Å². The van der Waals surface area contributed by atoms with Crippen LogP contribution in [0.2, 0.25) is 5.15 Å². The molecule has 0 spiro atoms. The van der Waals surface area contributed by atoms with E-state index in [1.165, 1.54) is 10.9 Å². The standard InChI is InChI=1S/C8H11ClN2O2/c1-2-3-4-11-7(9)6(5-10-11)8(12)13/h5H,2-4H2,1H3,(H,12,13). The zero-order valence-corrected chi connectivity index (χ0v) is 8.08. The monoisotopic (exact) mass is 202 g/mol. The van der Waals surface area contributed by atoms with Gasteiger partial charge in [-0.25, -0.2) is 4.79 Å². The molecule has 1 heterocycles. The highest BCUT2D eigenvalue weighted by Crippen LogP contribution is 2.15. The zero-order valence-electron chi connectivity index (χ0n) is 7.33. The minimum absolute atomic E-state index is 0.0674. The van der Waals surface area contributed by atoms with Crippen molar-refractivity contribution in [1.82, 2.24) is 9.78 Å². The Kier molecular flexibility index (Phi) is 3.31. The number of carbonyl (C=O) groups is 1. The van der Waals surface area contributed by atoms with Gasteiger partial charge in [-0.1, -0.05) is 24.9 Å². The van der Waals surface area contributed by atoms with Crippen LogP contribution in [-0.2, 0) is 6.54 Å². The van der Waals surface area contributed by atoms with Gasteiger partial charge in [0.25, 0.3) is 0 Å². The number of aromatic carboxylic acids is 1. The molecule has 4 nitrogen and oxygen atoms in total. The summed E-state index contributed by atoms with van der Waals surface area (Å²) in [5.74, 6) is -1.03. The highest BCUT2D eigenvalue weighted by Gasteiger charge is 2.13. The molecule has 1 aromatic heterocycles. The topological polar surface area (TPSA) is 55.1 Å². The minimum atomic E-state index is -1.03. The summed E-state index contributed by atoms with van der Waals surface area (Å²) in [6.45, 7) is 2.72. The number of hydrogen-bond acceptors (Lipinski definition) is 2. The molecule has 0 unspecified atom stereocenters. The van der Waals surface area contributed by atoms with Crippen LogP contribution in [0.1, 0.15) is 30.1 Å². The average Bonchev–Trinajstić information content (AvgIpc) is 2.43. The van der Waals surface area contributed by atoms with E-state index in [-0.39, 0.29) is 10.7 Å². The van der Waals surface area contributed by atoms with Gasteiger partial charge >= 0.3 is 5.97 Å². The van der Waals surface area contributed by atoms with Gasteiger partial charge in [-0.05, 0) is 6.42 Å². The summed E-state index contributed by atoms with van der Waals surface area (Å²) in [6.07, 6.45) is 3.25. The van der Waals surface area contributed by atoms with Gasteiger partial charge in [0.1, 0.15) is 10.7 Å². The first-order valence-corrected chi connectivity index (χ1v) is 4.49. The highest BCUT2D eigenvalue weighted by atomic mass is 35.5. The molecule has 0 amide bonds. The zero-order chi connectivity index (χ0) is 9.84. The van der Waals surface area contributed by atoms with Crippen molar-refractivity contribution >= 4 is 17.6 Å². The van der Waals surface area contributed by atoms with Gasteiger partial charge in [-0.2, -0.15) is 5.10 Å². The first kappa shape index (κ1) is 10.1. The van der Waals surface area contributed by atoms with Crippen molar-refractivity contribution in [3.05, 3.63) is 16.9 Å². The van der Waals surface area contributed by atoms with Crippen molar-refractivity contribution in [3.8, 4) is 0 Å². The van der Waals surface area contributed by atoms with Gasteiger partial charge < -0.3 is 5.11 Å². The third-order valence-corrected chi connectivity index (χ3v) is 2.13. The van der Waals surface area contributed by atoms with E-state index < -0.39 is 5.97 Å². The molecule has 13 heavy (non-hydrogen) atoms. The van der Waals surface area contributed by atoms with Crippen molar-refractivity contribution in [2.24, 2.45) is 0 Å². The van der Waals surface area contributed by atoms with E-state index in [1.54, 1.807) is 0 Å². The van der Waals surface area contributed by atoms with Crippen LogP contribution < -0.4 is 0 Å². The van der Waals surface area contributed by atoms with Crippen LogP contribution in [0.4, 0.5) is 0 Å². The summed E-state index contributed by atoms with van der Waals surface area (Å²) in [4.78, 5) is 10.6. The summed E-state index contributed by atoms with van der Waals surface area (Å²) in [6, 6.07) is 0. The highest BCUT2D eigenvalue weighted by molar-refractivity contribution is 6.32. The second-order valence-electron chi connectivity index (χ2n) is 2.73. The van der Waals surface area contributed by atoms with Crippen LogP contribution in [0.25, 0.3) is 0 Å². The minimum Gasteiger partial charge on any atom is -0.478 e. The number of halogens is 1. The van der Waals surface area contributed by atoms with E-state index in [0.717, 1.165) is 12.8 Å². The van der Waals surface area contributed by atoms with Gasteiger partial charge in [0.05, 0.1) is 6.20 Å². The van der Waals surface area contributed by atoms with Crippen LogP contribution in [0.5, 0.6) is 0 Å². The Bertz CT molecular complexity index is 309. The molecule has 0 aliphatic rings. The van der Waals surface area contributed by atoms with Gasteiger partial charge in [0, 0.05) is 6.54 Å². The summed E-state index contributed by atoms with van der Waals surface area (Å²) in [5, 5.41) is 12.8. The van der Waals surface area contributed by atoms with Gasteiger partial charge in [-0.3, -0.25) is 4.68 Å². The number of carboxylic acid groups (broad SMARTS) is 1. The molecule has 0 fully saturated rings. The summed E-state index contributed by atoms with van der Waals surface area (Å²) < 4.78 is 1.51. The van der Waals surface area contributed by atoms with Crippen LogP contribution in [0, 0.1) is 0 Å². The molecular formula is C8H11ClN2O2. The van der Waals surface area contributed by atoms with Crippen molar-refractivity contribution in [3.63, 3.8) is 0 Å². The molecule has 5 heteroatoms. The molecule has 1 N–H and O–H groups in total. The first-order chi connectivity index (χ1) is 6.16. The largest absolute Gasteiger partial charge is 0.478 e. The fourth-order valence-corrected chi connectivity index (χ4v) is 1.24.